The molecule has 0 fully saturated rings. The van der Waals surface area contributed by atoms with Crippen molar-refractivity contribution in [2.24, 2.45) is 0 Å². The van der Waals surface area contributed by atoms with Crippen LogP contribution in [0.1, 0.15) is 32.6 Å². The summed E-state index contributed by atoms with van der Waals surface area (Å²) in [5.41, 5.74) is 1.44. The minimum Gasteiger partial charge on any atom is -1.00 e. The summed E-state index contributed by atoms with van der Waals surface area (Å²) in [6.45, 7) is 3.48. The van der Waals surface area contributed by atoms with E-state index in [0.29, 0.717) is 0 Å². The Kier molecular flexibility index (Phi) is 6.51. The third-order valence-electron chi connectivity index (χ3n) is 3.99. The average molecular weight is 292 g/mol. The van der Waals surface area contributed by atoms with Crippen molar-refractivity contribution < 1.29 is 12.4 Å². The van der Waals surface area contributed by atoms with Crippen LogP contribution < -0.4 is 16.9 Å². The van der Waals surface area contributed by atoms with Gasteiger partial charge in [0.15, 0.2) is 0 Å². The second-order valence-corrected chi connectivity index (χ2v) is 5.97. The van der Waals surface area contributed by atoms with Gasteiger partial charge in [0.25, 0.3) is 0 Å². The SMILES string of the molecule is CCCCCC[N+](C)(C)c1cccc2ccccc12.[Cl-]. The lowest BCUT2D eigenvalue weighted by Gasteiger charge is -2.30. The average Bonchev–Trinajstić information content (AvgIpc) is 2.43. The highest BCUT2D eigenvalue weighted by Gasteiger charge is 2.20. The number of rotatable bonds is 6. The molecule has 0 saturated heterocycles. The molecular formula is C18H26ClN. The molecule has 0 aliphatic carbocycles. The Hall–Kier alpha value is -1.05. The lowest BCUT2D eigenvalue weighted by molar-refractivity contribution is -0.00000411. The summed E-state index contributed by atoms with van der Waals surface area (Å²) in [6, 6.07) is 15.4. The van der Waals surface area contributed by atoms with Crippen LogP contribution in [-0.2, 0) is 0 Å². The molecule has 2 heteroatoms. The van der Waals surface area contributed by atoms with Gasteiger partial charge in [0.2, 0.25) is 0 Å². The van der Waals surface area contributed by atoms with Gasteiger partial charge in [-0.3, -0.25) is 4.48 Å². The Morgan fingerprint density at radius 1 is 0.850 bits per heavy atom. The zero-order valence-corrected chi connectivity index (χ0v) is 13.7. The smallest absolute Gasteiger partial charge is 0.140 e. The highest BCUT2D eigenvalue weighted by atomic mass is 35.5. The molecule has 1 nitrogen and oxygen atoms in total. The number of fused-ring (bicyclic) bond motifs is 1. The molecule has 2 rings (SSSR count). The molecule has 0 aliphatic rings. The Morgan fingerprint density at radius 3 is 2.30 bits per heavy atom. The number of nitrogens with zero attached hydrogens (tertiary/aromatic N) is 1. The lowest BCUT2D eigenvalue weighted by atomic mass is 10.1. The lowest BCUT2D eigenvalue weighted by Crippen LogP contribution is -3.00. The summed E-state index contributed by atoms with van der Waals surface area (Å²) < 4.78 is 0.977. The zero-order chi connectivity index (χ0) is 13.7. The quantitative estimate of drug-likeness (QED) is 0.564. The number of quaternary nitrogens is 1. The topological polar surface area (TPSA) is 0 Å². The van der Waals surface area contributed by atoms with E-state index in [9.17, 15) is 0 Å². The Bertz CT molecular complexity index is 528. The summed E-state index contributed by atoms with van der Waals surface area (Å²) in [5, 5.41) is 2.74. The van der Waals surface area contributed by atoms with Gasteiger partial charge in [-0.2, -0.15) is 0 Å². The van der Waals surface area contributed by atoms with E-state index in [2.05, 4.69) is 63.5 Å². The van der Waals surface area contributed by atoms with Crippen LogP contribution in [0.3, 0.4) is 0 Å². The Morgan fingerprint density at radius 2 is 1.55 bits per heavy atom. The highest BCUT2D eigenvalue weighted by Crippen LogP contribution is 2.29. The number of hydrogen-bond acceptors (Lipinski definition) is 0. The molecule has 0 aromatic heterocycles. The fraction of sp³-hybridized carbons (Fsp3) is 0.444. The van der Waals surface area contributed by atoms with Crippen LogP contribution in [-0.4, -0.2) is 20.6 Å². The second kappa shape index (κ2) is 7.66. The van der Waals surface area contributed by atoms with Crippen molar-refractivity contribution in [2.45, 2.75) is 32.6 Å². The van der Waals surface area contributed by atoms with E-state index in [1.54, 1.807) is 0 Å². The first-order chi connectivity index (χ1) is 9.15. The van der Waals surface area contributed by atoms with Crippen molar-refractivity contribution in [3.8, 4) is 0 Å². The van der Waals surface area contributed by atoms with Gasteiger partial charge < -0.3 is 12.4 Å². The fourth-order valence-electron chi connectivity index (χ4n) is 2.79. The molecule has 110 valence electrons. The highest BCUT2D eigenvalue weighted by molar-refractivity contribution is 5.93. The van der Waals surface area contributed by atoms with Crippen molar-refractivity contribution in [3.05, 3.63) is 42.5 Å². The van der Waals surface area contributed by atoms with Crippen LogP contribution in [0.15, 0.2) is 42.5 Å². The van der Waals surface area contributed by atoms with Gasteiger partial charge in [0, 0.05) is 5.39 Å². The van der Waals surface area contributed by atoms with Crippen molar-refractivity contribution in [2.75, 3.05) is 20.6 Å². The number of benzene rings is 2. The molecule has 0 spiro atoms. The van der Waals surface area contributed by atoms with Gasteiger partial charge in [-0.05, 0) is 30.4 Å². The van der Waals surface area contributed by atoms with E-state index in [4.69, 9.17) is 0 Å². The Labute approximate surface area is 129 Å². The van der Waals surface area contributed by atoms with Crippen molar-refractivity contribution >= 4 is 16.5 Å². The Balaban J connectivity index is 0.00000200. The van der Waals surface area contributed by atoms with E-state index in [1.807, 2.05) is 0 Å². The number of hydrogen-bond donors (Lipinski definition) is 0. The molecule has 20 heavy (non-hydrogen) atoms. The first-order valence-corrected chi connectivity index (χ1v) is 7.46. The van der Waals surface area contributed by atoms with E-state index >= 15 is 0 Å². The maximum atomic E-state index is 2.33. The summed E-state index contributed by atoms with van der Waals surface area (Å²) in [7, 11) is 4.65. The molecule has 0 bridgehead atoms. The summed E-state index contributed by atoms with van der Waals surface area (Å²) in [4.78, 5) is 0. The molecule has 0 amide bonds. The molecule has 0 aliphatic heterocycles. The molecular weight excluding hydrogens is 266 g/mol. The maximum absolute atomic E-state index is 2.33. The predicted octanol–water partition coefficient (Wildman–Crippen LogP) is 1.99. The molecule has 2 aromatic rings. The van der Waals surface area contributed by atoms with Crippen molar-refractivity contribution in [1.82, 2.24) is 4.48 Å². The van der Waals surface area contributed by atoms with Crippen LogP contribution in [0, 0.1) is 0 Å². The number of unbranched alkanes of at least 4 members (excludes halogenated alkanes) is 3. The largest absolute Gasteiger partial charge is 1.00 e. The van der Waals surface area contributed by atoms with Crippen LogP contribution in [0.25, 0.3) is 10.8 Å². The van der Waals surface area contributed by atoms with Crippen molar-refractivity contribution in [1.29, 1.82) is 0 Å². The third kappa shape index (κ3) is 3.97. The molecule has 0 radical (unpaired) electrons. The maximum Gasteiger partial charge on any atom is 0.140 e. The first-order valence-electron chi connectivity index (χ1n) is 7.46. The van der Waals surface area contributed by atoms with E-state index in [0.717, 1.165) is 4.48 Å². The van der Waals surface area contributed by atoms with Gasteiger partial charge in [0.05, 0.1) is 20.6 Å². The minimum absolute atomic E-state index is 0. The molecule has 2 aromatic carbocycles. The molecule has 0 unspecified atom stereocenters. The second-order valence-electron chi connectivity index (χ2n) is 5.97. The van der Waals surface area contributed by atoms with Crippen LogP contribution in [0.4, 0.5) is 5.69 Å². The standard InChI is InChI=1S/C18H26N.ClH/c1-4-5-6-9-15-19(2,3)18-14-10-12-16-11-7-8-13-17(16)18;/h7-8,10-14H,4-6,9,15H2,1-3H3;1H/q+1;/p-1. The molecule has 0 atom stereocenters. The van der Waals surface area contributed by atoms with E-state index in [-0.39, 0.29) is 12.4 Å². The monoisotopic (exact) mass is 291 g/mol. The van der Waals surface area contributed by atoms with Gasteiger partial charge >= 0.3 is 0 Å². The predicted molar refractivity (Wildman–Crippen MR) is 86.6 cm³/mol. The van der Waals surface area contributed by atoms with Crippen molar-refractivity contribution in [3.63, 3.8) is 0 Å². The van der Waals surface area contributed by atoms with Gasteiger partial charge in [-0.15, -0.1) is 0 Å². The third-order valence-corrected chi connectivity index (χ3v) is 3.99. The van der Waals surface area contributed by atoms with Crippen LogP contribution >= 0.6 is 0 Å². The van der Waals surface area contributed by atoms with Crippen LogP contribution in [0.5, 0.6) is 0 Å². The number of halogens is 1. The normalized spacial score (nSPS) is 11.3. The molecule has 0 heterocycles. The summed E-state index contributed by atoms with van der Waals surface area (Å²) in [6.07, 6.45) is 5.32. The van der Waals surface area contributed by atoms with E-state index in [1.165, 1.54) is 48.7 Å². The fourth-order valence-corrected chi connectivity index (χ4v) is 2.79. The summed E-state index contributed by atoms with van der Waals surface area (Å²) in [5.74, 6) is 0. The molecule has 0 N–H and O–H groups in total. The van der Waals surface area contributed by atoms with Gasteiger partial charge in [-0.25, -0.2) is 0 Å². The van der Waals surface area contributed by atoms with Gasteiger partial charge in [-0.1, -0.05) is 50.1 Å². The van der Waals surface area contributed by atoms with Crippen LogP contribution in [0.2, 0.25) is 0 Å². The summed E-state index contributed by atoms with van der Waals surface area (Å²) >= 11 is 0. The minimum atomic E-state index is 0. The molecule has 0 saturated carbocycles. The zero-order valence-electron chi connectivity index (χ0n) is 12.9. The van der Waals surface area contributed by atoms with E-state index < -0.39 is 0 Å². The van der Waals surface area contributed by atoms with Gasteiger partial charge in [0.1, 0.15) is 5.69 Å². The first kappa shape index (κ1) is 17.0.